The highest BCUT2D eigenvalue weighted by Crippen LogP contribution is 2.34. The van der Waals surface area contributed by atoms with Gasteiger partial charge in [0, 0.05) is 5.56 Å². The van der Waals surface area contributed by atoms with E-state index in [2.05, 4.69) is 25.5 Å². The van der Waals surface area contributed by atoms with Gasteiger partial charge in [0.2, 0.25) is 5.82 Å². The number of hydrogen-bond acceptors (Lipinski definition) is 1. The quantitative estimate of drug-likeness (QED) is 0.366. The molecule has 0 spiro atoms. The number of hydrogen-bond donors (Lipinski definition) is 0. The van der Waals surface area contributed by atoms with Crippen molar-refractivity contribution in [2.24, 2.45) is 0 Å². The molecule has 157 valence electrons. The molecule has 0 unspecified atom stereocenters. The maximum absolute atomic E-state index is 14.7. The average molecular weight is 400 g/mol. The summed E-state index contributed by atoms with van der Waals surface area (Å²) in [6, 6.07) is 11.1. The van der Waals surface area contributed by atoms with Crippen LogP contribution in [0.4, 0.5) is 8.78 Å². The van der Waals surface area contributed by atoms with Gasteiger partial charge in [0.05, 0.1) is 6.61 Å². The second-order valence-electron chi connectivity index (χ2n) is 8.12. The van der Waals surface area contributed by atoms with Crippen LogP contribution in [-0.4, -0.2) is 6.61 Å². The monoisotopic (exact) mass is 399 g/mol. The first-order valence-corrected chi connectivity index (χ1v) is 11.2. The van der Waals surface area contributed by atoms with Gasteiger partial charge in [-0.25, -0.2) is 4.39 Å². The van der Waals surface area contributed by atoms with Gasteiger partial charge in [-0.2, -0.15) is 4.39 Å². The lowest BCUT2D eigenvalue weighted by molar-refractivity contribution is 0.285. The Morgan fingerprint density at radius 3 is 2.24 bits per heavy atom. The number of benzene rings is 2. The van der Waals surface area contributed by atoms with Gasteiger partial charge in [-0.15, -0.1) is 0 Å². The maximum Gasteiger partial charge on any atom is 0.201 e. The zero-order valence-corrected chi connectivity index (χ0v) is 17.6. The topological polar surface area (TPSA) is 9.23 Å². The normalized spacial score (nSPS) is 14.9. The van der Waals surface area contributed by atoms with Crippen molar-refractivity contribution in [3.05, 3.63) is 60.0 Å². The molecule has 0 saturated heterocycles. The van der Waals surface area contributed by atoms with E-state index in [-0.39, 0.29) is 11.3 Å². The molecule has 0 atom stereocenters. The predicted molar refractivity (Wildman–Crippen MR) is 116 cm³/mol. The molecule has 1 aliphatic carbocycles. The van der Waals surface area contributed by atoms with Gasteiger partial charge in [-0.3, -0.25) is 0 Å². The van der Waals surface area contributed by atoms with Crippen LogP contribution in [-0.2, 0) is 0 Å². The molecular weight excluding hydrogens is 366 g/mol. The van der Waals surface area contributed by atoms with E-state index in [1.54, 1.807) is 12.1 Å². The van der Waals surface area contributed by atoms with Gasteiger partial charge in [-0.05, 0) is 67.7 Å². The Morgan fingerprint density at radius 2 is 1.52 bits per heavy atom. The van der Waals surface area contributed by atoms with Crippen LogP contribution in [0.5, 0.6) is 5.75 Å². The molecule has 0 heterocycles. The third-order valence-electron chi connectivity index (χ3n) is 5.93. The Bertz CT molecular complexity index is 748. The molecule has 29 heavy (non-hydrogen) atoms. The molecule has 1 saturated carbocycles. The molecule has 0 N–H and O–H groups in total. The Morgan fingerprint density at radius 1 is 0.828 bits per heavy atom. The number of unbranched alkanes of at least 4 members (excludes halogenated alkanes) is 5. The predicted octanol–water partition coefficient (Wildman–Crippen LogP) is 8.23. The highest BCUT2D eigenvalue weighted by atomic mass is 19.2. The van der Waals surface area contributed by atoms with Crippen LogP contribution in [0.2, 0.25) is 0 Å². The highest BCUT2D eigenvalue weighted by Gasteiger charge is 2.18. The summed E-state index contributed by atoms with van der Waals surface area (Å²) >= 11 is 0. The van der Waals surface area contributed by atoms with Crippen LogP contribution in [0, 0.1) is 18.1 Å². The minimum absolute atomic E-state index is 0.00915. The number of rotatable bonds is 10. The van der Waals surface area contributed by atoms with Gasteiger partial charge >= 0.3 is 0 Å². The summed E-state index contributed by atoms with van der Waals surface area (Å²) in [4.78, 5) is 0. The first-order chi connectivity index (χ1) is 14.2. The van der Waals surface area contributed by atoms with E-state index in [0.29, 0.717) is 18.1 Å². The van der Waals surface area contributed by atoms with Crippen molar-refractivity contribution < 1.29 is 13.5 Å². The second-order valence-corrected chi connectivity index (χ2v) is 8.12. The van der Waals surface area contributed by atoms with Crippen LogP contribution in [0.1, 0.15) is 82.6 Å². The molecule has 0 aromatic heterocycles. The summed E-state index contributed by atoms with van der Waals surface area (Å²) < 4.78 is 34.6. The Kier molecular flexibility index (Phi) is 8.52. The highest BCUT2D eigenvalue weighted by molar-refractivity contribution is 5.65. The fourth-order valence-corrected chi connectivity index (χ4v) is 4.13. The third kappa shape index (κ3) is 6.04. The van der Waals surface area contributed by atoms with E-state index in [0.717, 1.165) is 25.7 Å². The summed E-state index contributed by atoms with van der Waals surface area (Å²) in [5.74, 6) is -1.13. The van der Waals surface area contributed by atoms with Crippen molar-refractivity contribution in [3.63, 3.8) is 0 Å². The zero-order valence-electron chi connectivity index (χ0n) is 17.6. The molecule has 1 aliphatic rings. The van der Waals surface area contributed by atoms with Crippen molar-refractivity contribution in [2.45, 2.75) is 77.0 Å². The fraction of sp³-hybridized carbons (Fsp3) is 0.500. The van der Waals surface area contributed by atoms with Crippen molar-refractivity contribution in [1.82, 2.24) is 0 Å². The molecule has 3 rings (SSSR count). The van der Waals surface area contributed by atoms with Gasteiger partial charge in [0.1, 0.15) is 0 Å². The van der Waals surface area contributed by atoms with Crippen molar-refractivity contribution >= 4 is 0 Å². The number of halogens is 2. The lowest BCUT2D eigenvalue weighted by atomic mass is 9.83. The van der Waals surface area contributed by atoms with Crippen LogP contribution in [0.15, 0.2) is 36.4 Å². The van der Waals surface area contributed by atoms with Crippen molar-refractivity contribution in [1.29, 1.82) is 0 Å². The summed E-state index contributed by atoms with van der Waals surface area (Å²) in [5, 5.41) is 0. The molecule has 1 nitrogen and oxygen atoms in total. The minimum Gasteiger partial charge on any atom is -0.490 e. The van der Waals surface area contributed by atoms with E-state index >= 15 is 0 Å². The van der Waals surface area contributed by atoms with E-state index in [4.69, 9.17) is 4.74 Å². The smallest absolute Gasteiger partial charge is 0.201 e. The van der Waals surface area contributed by atoms with E-state index < -0.39 is 11.6 Å². The summed E-state index contributed by atoms with van der Waals surface area (Å²) in [6.07, 6.45) is 13.8. The molecule has 0 aliphatic heterocycles. The van der Waals surface area contributed by atoms with E-state index in [1.807, 2.05) is 12.1 Å². The van der Waals surface area contributed by atoms with Gasteiger partial charge in [0.15, 0.2) is 11.6 Å². The summed E-state index contributed by atoms with van der Waals surface area (Å²) in [6.45, 7) is 2.61. The standard InChI is InChI=1S/C26H33F2O/c1-2-3-4-5-6-10-19-29-24-18-17-23(25(27)26(24)28)22-15-13-21(14-16-22)20-11-8-7-9-12-20/h7,13-18,20H,2-6,8-12,19H2,1H3. The molecule has 2 aromatic rings. The molecule has 0 bridgehead atoms. The Hall–Kier alpha value is -1.90. The Labute approximate surface area is 174 Å². The van der Waals surface area contributed by atoms with Gasteiger partial charge in [0.25, 0.3) is 0 Å². The SMILES string of the molecule is CCCCCCCCOc1ccc(-c2ccc(C3CC[CH]CC3)cc2)c(F)c1F. The lowest BCUT2D eigenvalue weighted by Gasteiger charge is -2.22. The first-order valence-electron chi connectivity index (χ1n) is 11.2. The molecule has 1 radical (unpaired) electrons. The number of ether oxygens (including phenoxy) is 1. The summed E-state index contributed by atoms with van der Waals surface area (Å²) in [5.41, 5.74) is 2.29. The van der Waals surface area contributed by atoms with E-state index in [9.17, 15) is 8.78 Å². The summed E-state index contributed by atoms with van der Waals surface area (Å²) in [7, 11) is 0. The lowest BCUT2D eigenvalue weighted by Crippen LogP contribution is -2.04. The average Bonchev–Trinajstić information content (AvgIpc) is 2.77. The third-order valence-corrected chi connectivity index (χ3v) is 5.93. The Balaban J connectivity index is 1.58. The van der Waals surface area contributed by atoms with Crippen molar-refractivity contribution in [3.8, 4) is 16.9 Å². The van der Waals surface area contributed by atoms with Crippen LogP contribution < -0.4 is 4.74 Å². The molecule has 2 aromatic carbocycles. The zero-order chi connectivity index (χ0) is 20.5. The van der Waals surface area contributed by atoms with Crippen molar-refractivity contribution in [2.75, 3.05) is 6.61 Å². The maximum atomic E-state index is 14.7. The van der Waals surface area contributed by atoms with Crippen LogP contribution in [0.3, 0.4) is 0 Å². The molecule has 0 amide bonds. The van der Waals surface area contributed by atoms with Crippen LogP contribution >= 0.6 is 0 Å². The molecule has 1 fully saturated rings. The molecular formula is C26H33F2O. The second kappa shape index (κ2) is 11.3. The first kappa shape index (κ1) is 21.8. The van der Waals surface area contributed by atoms with Gasteiger partial charge < -0.3 is 4.74 Å². The van der Waals surface area contributed by atoms with Crippen LogP contribution in [0.25, 0.3) is 11.1 Å². The minimum atomic E-state index is -0.889. The fourth-order valence-electron chi connectivity index (χ4n) is 4.13. The van der Waals surface area contributed by atoms with Gasteiger partial charge in [-0.1, -0.05) is 63.3 Å². The largest absolute Gasteiger partial charge is 0.490 e. The van der Waals surface area contributed by atoms with E-state index in [1.165, 1.54) is 44.1 Å². The molecule has 3 heteroatoms.